The molecule has 0 aliphatic carbocycles. The van der Waals surface area contributed by atoms with Crippen LogP contribution >= 0.6 is 0 Å². The van der Waals surface area contributed by atoms with E-state index in [1.54, 1.807) is 18.5 Å². The molecule has 3 aromatic heterocycles. The number of nitriles is 1. The fraction of sp³-hybridized carbons (Fsp3) is 0.280. The number of nitrogens with two attached hydrogens (primary N) is 1. The summed E-state index contributed by atoms with van der Waals surface area (Å²) < 4.78 is 11.8. The molecule has 5 rings (SSSR count). The lowest BCUT2D eigenvalue weighted by atomic mass is 9.90. The van der Waals surface area contributed by atoms with Gasteiger partial charge in [0, 0.05) is 30.4 Å². The molecule has 10 nitrogen and oxygen atoms in total. The van der Waals surface area contributed by atoms with E-state index in [0.29, 0.717) is 17.3 Å². The number of rotatable bonds is 6. The van der Waals surface area contributed by atoms with Crippen LogP contribution in [0, 0.1) is 11.3 Å². The van der Waals surface area contributed by atoms with E-state index in [0.717, 1.165) is 30.0 Å². The quantitative estimate of drug-likeness (QED) is 0.448. The number of benzene rings is 1. The van der Waals surface area contributed by atoms with Gasteiger partial charge in [0.1, 0.15) is 11.9 Å². The van der Waals surface area contributed by atoms with Crippen LogP contribution in [0.4, 0.5) is 5.82 Å². The fourth-order valence-electron chi connectivity index (χ4n) is 3.70. The Morgan fingerprint density at radius 2 is 1.83 bits per heavy atom. The second-order valence-electron chi connectivity index (χ2n) is 9.05. The van der Waals surface area contributed by atoms with Gasteiger partial charge in [-0.2, -0.15) is 5.26 Å². The summed E-state index contributed by atoms with van der Waals surface area (Å²) in [7, 11) is 2.06. The minimum absolute atomic E-state index is 0.163. The Hall–Kier alpha value is -4.36. The van der Waals surface area contributed by atoms with E-state index in [1.807, 2.05) is 44.2 Å². The standard InChI is InChI=1S/C25H24N8O2/c1-25(2,14-26)20-10-16(8-9-28-20)19-11-29-22(27)21(30-19)24-32-31-23(35-24)15-4-6-17(7-5-15)34-18-12-33(3)13-18/h4-11,18H,12-13H2,1-3H3,(H2,27,29). The first kappa shape index (κ1) is 22.4. The minimum atomic E-state index is -0.740. The predicted octanol–water partition coefficient (Wildman–Crippen LogP) is 3.33. The van der Waals surface area contributed by atoms with E-state index in [1.165, 1.54) is 0 Å². The van der Waals surface area contributed by atoms with Crippen LogP contribution in [0.1, 0.15) is 19.5 Å². The van der Waals surface area contributed by atoms with Gasteiger partial charge in [-0.15, -0.1) is 10.2 Å². The fourth-order valence-corrected chi connectivity index (χ4v) is 3.70. The number of anilines is 1. The lowest BCUT2D eigenvalue weighted by molar-refractivity contribution is 0.0388. The molecule has 0 amide bonds. The van der Waals surface area contributed by atoms with Crippen molar-refractivity contribution in [1.82, 2.24) is 30.0 Å². The number of likely N-dealkylation sites (N-methyl/N-ethyl adjacent to an activating group) is 1. The van der Waals surface area contributed by atoms with Crippen LogP contribution in [0.2, 0.25) is 0 Å². The van der Waals surface area contributed by atoms with Crippen LogP contribution in [0.15, 0.2) is 53.2 Å². The van der Waals surface area contributed by atoms with Crippen molar-refractivity contribution < 1.29 is 9.15 Å². The summed E-state index contributed by atoms with van der Waals surface area (Å²) in [5, 5.41) is 17.7. The molecular weight excluding hydrogens is 444 g/mol. The molecule has 1 aliphatic rings. The molecule has 0 bridgehead atoms. The maximum absolute atomic E-state index is 9.44. The third-order valence-corrected chi connectivity index (χ3v) is 5.84. The molecule has 0 spiro atoms. The number of pyridine rings is 1. The van der Waals surface area contributed by atoms with Gasteiger partial charge in [0.05, 0.1) is 29.1 Å². The smallest absolute Gasteiger partial charge is 0.270 e. The normalized spacial score (nSPS) is 14.3. The highest BCUT2D eigenvalue weighted by Crippen LogP contribution is 2.30. The lowest BCUT2D eigenvalue weighted by Gasteiger charge is -2.35. The zero-order valence-electron chi connectivity index (χ0n) is 19.6. The SMILES string of the molecule is CN1CC(Oc2ccc(-c3nnc(-c4nc(-c5ccnc(C(C)(C)C#N)c5)cnc4N)o3)cc2)C1. The number of aromatic nitrogens is 5. The first-order valence-electron chi connectivity index (χ1n) is 11.1. The van der Waals surface area contributed by atoms with E-state index >= 15 is 0 Å². The van der Waals surface area contributed by atoms with E-state index in [2.05, 4.69) is 43.2 Å². The first-order valence-corrected chi connectivity index (χ1v) is 11.1. The number of hydrogen-bond donors (Lipinski definition) is 1. The van der Waals surface area contributed by atoms with Gasteiger partial charge in [-0.25, -0.2) is 9.97 Å². The van der Waals surface area contributed by atoms with Crippen molar-refractivity contribution in [1.29, 1.82) is 5.26 Å². The molecule has 0 radical (unpaired) electrons. The Kier molecular flexibility index (Phi) is 5.62. The van der Waals surface area contributed by atoms with E-state index < -0.39 is 5.41 Å². The summed E-state index contributed by atoms with van der Waals surface area (Å²) in [6.45, 7) is 5.47. The zero-order chi connectivity index (χ0) is 24.6. The van der Waals surface area contributed by atoms with Crippen molar-refractivity contribution in [3.63, 3.8) is 0 Å². The molecule has 4 aromatic rings. The third-order valence-electron chi connectivity index (χ3n) is 5.84. The number of nitrogen functional groups attached to an aromatic ring is 1. The molecule has 1 fully saturated rings. The van der Waals surface area contributed by atoms with Crippen molar-refractivity contribution in [3.8, 4) is 46.1 Å². The Morgan fingerprint density at radius 3 is 2.54 bits per heavy atom. The molecule has 0 atom stereocenters. The molecule has 4 heterocycles. The topological polar surface area (TPSA) is 140 Å². The number of hydrogen-bond acceptors (Lipinski definition) is 10. The molecule has 2 N–H and O–H groups in total. The summed E-state index contributed by atoms with van der Waals surface area (Å²) in [6, 6.07) is 13.4. The summed E-state index contributed by atoms with van der Waals surface area (Å²) >= 11 is 0. The van der Waals surface area contributed by atoms with Crippen LogP contribution in [-0.2, 0) is 5.41 Å². The van der Waals surface area contributed by atoms with E-state index in [9.17, 15) is 5.26 Å². The first-order chi connectivity index (χ1) is 16.8. The molecule has 1 aliphatic heterocycles. The second kappa shape index (κ2) is 8.77. The summed E-state index contributed by atoms with van der Waals surface area (Å²) in [5.41, 5.74) is 8.32. The van der Waals surface area contributed by atoms with Gasteiger partial charge in [-0.3, -0.25) is 9.88 Å². The zero-order valence-corrected chi connectivity index (χ0v) is 19.6. The third kappa shape index (κ3) is 4.54. The molecule has 1 saturated heterocycles. The highest BCUT2D eigenvalue weighted by atomic mass is 16.5. The number of likely N-dealkylation sites (tertiary alicyclic amines) is 1. The molecule has 35 heavy (non-hydrogen) atoms. The molecule has 0 saturated carbocycles. The Morgan fingerprint density at radius 1 is 1.09 bits per heavy atom. The van der Waals surface area contributed by atoms with Crippen molar-refractivity contribution in [2.45, 2.75) is 25.4 Å². The Labute approximate surface area is 202 Å². The minimum Gasteiger partial charge on any atom is -0.488 e. The molecule has 0 unspecified atom stereocenters. The van der Waals surface area contributed by atoms with Crippen molar-refractivity contribution in [3.05, 3.63) is 54.5 Å². The van der Waals surface area contributed by atoms with Crippen molar-refractivity contribution in [2.24, 2.45) is 0 Å². The van der Waals surface area contributed by atoms with Crippen molar-refractivity contribution in [2.75, 3.05) is 25.9 Å². The summed E-state index contributed by atoms with van der Waals surface area (Å²) in [6.07, 6.45) is 3.42. The largest absolute Gasteiger partial charge is 0.488 e. The lowest BCUT2D eigenvalue weighted by Crippen LogP contribution is -2.51. The number of nitrogens with zero attached hydrogens (tertiary/aromatic N) is 7. The van der Waals surface area contributed by atoms with Crippen LogP contribution in [0.5, 0.6) is 5.75 Å². The molecule has 1 aromatic carbocycles. The van der Waals surface area contributed by atoms with Gasteiger partial charge < -0.3 is 14.9 Å². The monoisotopic (exact) mass is 468 g/mol. The summed E-state index contributed by atoms with van der Waals surface area (Å²) in [4.78, 5) is 15.4. The van der Waals surface area contributed by atoms with E-state index in [4.69, 9.17) is 14.9 Å². The molecular formula is C25H24N8O2. The van der Waals surface area contributed by atoms with Gasteiger partial charge in [-0.1, -0.05) is 0 Å². The van der Waals surface area contributed by atoms with Gasteiger partial charge in [0.15, 0.2) is 11.5 Å². The van der Waals surface area contributed by atoms with Crippen LogP contribution in [0.25, 0.3) is 34.3 Å². The van der Waals surface area contributed by atoms with Gasteiger partial charge >= 0.3 is 0 Å². The summed E-state index contributed by atoms with van der Waals surface area (Å²) in [5.74, 6) is 1.47. The Bertz CT molecular complexity index is 1400. The van der Waals surface area contributed by atoms with Gasteiger partial charge in [-0.05, 0) is 57.3 Å². The number of ether oxygens (including phenoxy) is 1. The predicted molar refractivity (Wildman–Crippen MR) is 129 cm³/mol. The Balaban J connectivity index is 1.39. The van der Waals surface area contributed by atoms with Crippen LogP contribution in [0.3, 0.4) is 0 Å². The molecule has 176 valence electrons. The highest BCUT2D eigenvalue weighted by Gasteiger charge is 2.25. The van der Waals surface area contributed by atoms with Gasteiger partial charge in [0.25, 0.3) is 5.89 Å². The van der Waals surface area contributed by atoms with E-state index in [-0.39, 0.29) is 23.5 Å². The maximum Gasteiger partial charge on any atom is 0.270 e. The van der Waals surface area contributed by atoms with Gasteiger partial charge in [0.2, 0.25) is 5.89 Å². The maximum atomic E-state index is 9.44. The highest BCUT2D eigenvalue weighted by molar-refractivity contribution is 5.69. The average Bonchev–Trinajstić information content (AvgIpc) is 3.34. The van der Waals surface area contributed by atoms with Crippen molar-refractivity contribution >= 4 is 5.82 Å². The second-order valence-corrected chi connectivity index (χ2v) is 9.05. The van der Waals surface area contributed by atoms with Crippen LogP contribution in [-0.4, -0.2) is 56.3 Å². The molecule has 10 heteroatoms. The average molecular weight is 469 g/mol. The van der Waals surface area contributed by atoms with Crippen LogP contribution < -0.4 is 10.5 Å².